The van der Waals surface area contributed by atoms with Crippen LogP contribution in [0.5, 0.6) is 5.75 Å². The summed E-state index contributed by atoms with van der Waals surface area (Å²) in [5.41, 5.74) is 1.93. The van der Waals surface area contributed by atoms with Crippen LogP contribution in [0, 0.1) is 0 Å². The van der Waals surface area contributed by atoms with Crippen molar-refractivity contribution in [3.05, 3.63) is 102 Å². The van der Waals surface area contributed by atoms with E-state index >= 15 is 0 Å². The van der Waals surface area contributed by atoms with Gasteiger partial charge < -0.3 is 14.8 Å². The predicted molar refractivity (Wildman–Crippen MR) is 101 cm³/mol. The van der Waals surface area contributed by atoms with Gasteiger partial charge in [0.05, 0.1) is 6.54 Å². The van der Waals surface area contributed by atoms with Gasteiger partial charge in [-0.3, -0.25) is 0 Å². The second-order valence-electron chi connectivity index (χ2n) is 5.77. The van der Waals surface area contributed by atoms with Crippen molar-refractivity contribution in [1.82, 2.24) is 5.32 Å². The highest BCUT2D eigenvalue weighted by Gasteiger charge is 2.15. The van der Waals surface area contributed by atoms with Crippen LogP contribution >= 0.6 is 0 Å². The summed E-state index contributed by atoms with van der Waals surface area (Å²) < 4.78 is 11.3. The number of amides is 1. The second kappa shape index (κ2) is 9.28. The zero-order chi connectivity index (χ0) is 18.0. The van der Waals surface area contributed by atoms with Crippen molar-refractivity contribution in [3.8, 4) is 5.75 Å². The third-order valence-corrected chi connectivity index (χ3v) is 3.84. The second-order valence-corrected chi connectivity index (χ2v) is 5.77. The molecule has 3 aromatic rings. The minimum Gasteiger partial charge on any atom is -0.484 e. The monoisotopic (exact) mass is 347 g/mol. The fourth-order valence-corrected chi connectivity index (χ4v) is 2.51. The molecular weight excluding hydrogens is 326 g/mol. The summed E-state index contributed by atoms with van der Waals surface area (Å²) in [5, 5.41) is 2.79. The zero-order valence-electron chi connectivity index (χ0n) is 14.4. The lowest BCUT2D eigenvalue weighted by Gasteiger charge is -2.20. The van der Waals surface area contributed by atoms with Crippen LogP contribution in [0.3, 0.4) is 0 Å². The number of carbonyl (C=O) groups excluding carboxylic acids is 1. The van der Waals surface area contributed by atoms with Crippen molar-refractivity contribution in [3.63, 3.8) is 0 Å². The van der Waals surface area contributed by atoms with Crippen LogP contribution in [-0.2, 0) is 11.3 Å². The maximum Gasteiger partial charge on any atom is 0.407 e. The molecular formula is C22H21NO3. The third-order valence-electron chi connectivity index (χ3n) is 3.84. The standard InChI is InChI=1S/C22H21NO3/c24-22(25-17-18-10-4-1-5-11-18)23-16-21(19-12-6-2-7-13-19)26-20-14-8-3-9-15-20/h1-15,21H,16-17H2,(H,23,24)/t21-/m0/s1. The Bertz CT molecular complexity index is 791. The maximum absolute atomic E-state index is 12.0. The van der Waals surface area contributed by atoms with Crippen LogP contribution in [-0.4, -0.2) is 12.6 Å². The first kappa shape index (κ1) is 17.5. The molecule has 0 aromatic heterocycles. The van der Waals surface area contributed by atoms with Crippen molar-refractivity contribution in [1.29, 1.82) is 0 Å². The molecule has 0 heterocycles. The molecule has 3 aromatic carbocycles. The Kier molecular flexibility index (Phi) is 6.26. The van der Waals surface area contributed by atoms with Crippen LogP contribution in [0.1, 0.15) is 17.2 Å². The predicted octanol–water partition coefficient (Wildman–Crippen LogP) is 4.73. The highest BCUT2D eigenvalue weighted by atomic mass is 16.5. The van der Waals surface area contributed by atoms with Gasteiger partial charge in [-0.05, 0) is 23.3 Å². The molecule has 132 valence electrons. The van der Waals surface area contributed by atoms with E-state index in [0.717, 1.165) is 16.9 Å². The number of rotatable bonds is 7. The minimum absolute atomic E-state index is 0.238. The van der Waals surface area contributed by atoms with E-state index in [-0.39, 0.29) is 12.7 Å². The fourth-order valence-electron chi connectivity index (χ4n) is 2.51. The Morgan fingerprint density at radius 1 is 0.808 bits per heavy atom. The van der Waals surface area contributed by atoms with E-state index < -0.39 is 6.09 Å². The Morgan fingerprint density at radius 3 is 2.04 bits per heavy atom. The number of carbonyl (C=O) groups is 1. The molecule has 0 unspecified atom stereocenters. The number of ether oxygens (including phenoxy) is 2. The number of benzene rings is 3. The number of alkyl carbamates (subject to hydrolysis) is 1. The van der Waals surface area contributed by atoms with E-state index in [1.54, 1.807) is 0 Å². The van der Waals surface area contributed by atoms with Gasteiger partial charge in [0.25, 0.3) is 0 Å². The smallest absolute Gasteiger partial charge is 0.407 e. The van der Waals surface area contributed by atoms with E-state index in [1.165, 1.54) is 0 Å². The normalized spacial score (nSPS) is 11.4. The number of para-hydroxylation sites is 1. The van der Waals surface area contributed by atoms with Crippen molar-refractivity contribution >= 4 is 6.09 Å². The Balaban J connectivity index is 1.58. The van der Waals surface area contributed by atoms with Gasteiger partial charge in [0.1, 0.15) is 18.5 Å². The summed E-state index contributed by atoms with van der Waals surface area (Å²) in [7, 11) is 0. The van der Waals surface area contributed by atoms with E-state index in [9.17, 15) is 4.79 Å². The molecule has 4 heteroatoms. The summed E-state index contributed by atoms with van der Waals surface area (Å²) in [6, 6.07) is 28.9. The first-order chi connectivity index (χ1) is 12.8. The molecule has 0 aliphatic carbocycles. The highest BCUT2D eigenvalue weighted by Crippen LogP contribution is 2.21. The molecule has 0 spiro atoms. The molecule has 3 rings (SSSR count). The van der Waals surface area contributed by atoms with Gasteiger partial charge in [-0.25, -0.2) is 4.79 Å². The van der Waals surface area contributed by atoms with Gasteiger partial charge in [-0.2, -0.15) is 0 Å². The van der Waals surface area contributed by atoms with E-state index in [0.29, 0.717) is 6.54 Å². The van der Waals surface area contributed by atoms with Gasteiger partial charge in [-0.1, -0.05) is 78.9 Å². The lowest BCUT2D eigenvalue weighted by molar-refractivity contribution is 0.130. The molecule has 1 atom stereocenters. The molecule has 4 nitrogen and oxygen atoms in total. The van der Waals surface area contributed by atoms with E-state index in [1.807, 2.05) is 91.0 Å². The van der Waals surface area contributed by atoms with Crippen LogP contribution < -0.4 is 10.1 Å². The van der Waals surface area contributed by atoms with Crippen LogP contribution in [0.15, 0.2) is 91.0 Å². The topological polar surface area (TPSA) is 47.6 Å². The lowest BCUT2D eigenvalue weighted by atomic mass is 10.1. The van der Waals surface area contributed by atoms with Gasteiger partial charge in [0, 0.05) is 0 Å². The summed E-state index contributed by atoms with van der Waals surface area (Å²) >= 11 is 0. The quantitative estimate of drug-likeness (QED) is 0.672. The fraction of sp³-hybridized carbons (Fsp3) is 0.136. The number of hydrogen-bond donors (Lipinski definition) is 1. The van der Waals surface area contributed by atoms with Crippen LogP contribution in [0.4, 0.5) is 4.79 Å². The molecule has 0 aliphatic heterocycles. The van der Waals surface area contributed by atoms with Gasteiger partial charge >= 0.3 is 6.09 Å². The van der Waals surface area contributed by atoms with Crippen molar-refractivity contribution in [2.24, 2.45) is 0 Å². The van der Waals surface area contributed by atoms with Crippen molar-refractivity contribution < 1.29 is 14.3 Å². The highest BCUT2D eigenvalue weighted by molar-refractivity contribution is 5.67. The minimum atomic E-state index is -0.466. The molecule has 1 amide bonds. The first-order valence-corrected chi connectivity index (χ1v) is 8.52. The number of nitrogens with one attached hydrogen (secondary N) is 1. The van der Waals surface area contributed by atoms with E-state index in [4.69, 9.17) is 9.47 Å². The van der Waals surface area contributed by atoms with Crippen molar-refractivity contribution in [2.75, 3.05) is 6.54 Å². The largest absolute Gasteiger partial charge is 0.484 e. The van der Waals surface area contributed by atoms with Crippen molar-refractivity contribution in [2.45, 2.75) is 12.7 Å². The van der Waals surface area contributed by atoms with Crippen LogP contribution in [0.2, 0.25) is 0 Å². The van der Waals surface area contributed by atoms with Gasteiger partial charge in [-0.15, -0.1) is 0 Å². The average Bonchev–Trinajstić information content (AvgIpc) is 2.72. The summed E-state index contributed by atoms with van der Waals surface area (Å²) in [5.74, 6) is 0.751. The average molecular weight is 347 g/mol. The molecule has 26 heavy (non-hydrogen) atoms. The molecule has 0 radical (unpaired) electrons. The SMILES string of the molecule is O=C(NC[C@H](Oc1ccccc1)c1ccccc1)OCc1ccccc1. The van der Waals surface area contributed by atoms with Gasteiger partial charge in [0.2, 0.25) is 0 Å². The summed E-state index contributed by atoms with van der Waals surface area (Å²) in [6.45, 7) is 0.550. The molecule has 0 aliphatic rings. The number of hydrogen-bond acceptors (Lipinski definition) is 3. The zero-order valence-corrected chi connectivity index (χ0v) is 14.4. The van der Waals surface area contributed by atoms with E-state index in [2.05, 4.69) is 5.32 Å². The molecule has 0 saturated heterocycles. The maximum atomic E-state index is 12.0. The Hall–Kier alpha value is -3.27. The van der Waals surface area contributed by atoms with Crippen LogP contribution in [0.25, 0.3) is 0 Å². The molecule has 0 bridgehead atoms. The molecule has 1 N–H and O–H groups in total. The Labute approximate surface area is 153 Å². The summed E-state index contributed by atoms with van der Waals surface area (Å²) in [6.07, 6.45) is -0.769. The third kappa shape index (κ3) is 5.38. The Morgan fingerprint density at radius 2 is 1.38 bits per heavy atom. The lowest BCUT2D eigenvalue weighted by Crippen LogP contribution is -2.31. The van der Waals surface area contributed by atoms with Gasteiger partial charge in [0.15, 0.2) is 0 Å². The molecule has 0 fully saturated rings. The molecule has 0 saturated carbocycles. The first-order valence-electron chi connectivity index (χ1n) is 8.52. The summed E-state index contributed by atoms with van der Waals surface area (Å²) in [4.78, 5) is 12.0.